The molecular formula is C16H22N2O3. The molecule has 1 atom stereocenters. The first-order valence-corrected chi connectivity index (χ1v) is 7.11. The number of methoxy groups -OCH3 is 1. The van der Waals surface area contributed by atoms with E-state index in [1.807, 2.05) is 24.3 Å². The van der Waals surface area contributed by atoms with Crippen molar-refractivity contribution in [2.75, 3.05) is 13.7 Å². The molecule has 1 aliphatic heterocycles. The Morgan fingerprint density at radius 1 is 1.33 bits per heavy atom. The van der Waals surface area contributed by atoms with Crippen LogP contribution in [-0.4, -0.2) is 41.9 Å². The number of rotatable bonds is 4. The zero-order valence-electron chi connectivity index (χ0n) is 13.0. The van der Waals surface area contributed by atoms with Crippen LogP contribution >= 0.6 is 0 Å². The van der Waals surface area contributed by atoms with E-state index >= 15 is 0 Å². The van der Waals surface area contributed by atoms with Gasteiger partial charge in [0.1, 0.15) is 17.3 Å². The predicted octanol–water partition coefficient (Wildman–Crippen LogP) is 1.36. The van der Waals surface area contributed by atoms with E-state index in [1.165, 1.54) is 0 Å². The average Bonchev–Trinajstić information content (AvgIpc) is 2.45. The van der Waals surface area contributed by atoms with Crippen molar-refractivity contribution in [2.45, 2.75) is 38.8 Å². The minimum atomic E-state index is -0.835. The number of amides is 2. The maximum atomic E-state index is 12.4. The summed E-state index contributed by atoms with van der Waals surface area (Å²) in [4.78, 5) is 26.0. The fraction of sp³-hybridized carbons (Fsp3) is 0.500. The van der Waals surface area contributed by atoms with Crippen molar-refractivity contribution in [2.24, 2.45) is 0 Å². The van der Waals surface area contributed by atoms with Crippen LogP contribution in [0.1, 0.15) is 26.3 Å². The van der Waals surface area contributed by atoms with Gasteiger partial charge in [0.2, 0.25) is 11.8 Å². The van der Waals surface area contributed by atoms with Crippen molar-refractivity contribution in [1.29, 1.82) is 0 Å². The molecule has 21 heavy (non-hydrogen) atoms. The maximum Gasteiger partial charge on any atom is 0.248 e. The lowest BCUT2D eigenvalue weighted by atomic mass is 9.97. The summed E-state index contributed by atoms with van der Waals surface area (Å²) >= 11 is 0. The number of nitrogens with zero attached hydrogens (tertiary/aromatic N) is 1. The Bertz CT molecular complexity index is 554. The molecule has 1 unspecified atom stereocenters. The van der Waals surface area contributed by atoms with Crippen LogP contribution in [0.4, 0.5) is 0 Å². The number of hydrogen-bond donors (Lipinski definition) is 1. The number of benzene rings is 1. The first-order valence-electron chi connectivity index (χ1n) is 7.11. The Balaban J connectivity index is 2.10. The SMILES string of the molecule is COc1cccc(CCN2C(=O)C(C)(C)NC(=O)C2C)c1. The molecule has 0 radical (unpaired) electrons. The van der Waals surface area contributed by atoms with Gasteiger partial charge >= 0.3 is 0 Å². The Morgan fingerprint density at radius 2 is 2.05 bits per heavy atom. The van der Waals surface area contributed by atoms with Gasteiger partial charge in [-0.1, -0.05) is 12.1 Å². The summed E-state index contributed by atoms with van der Waals surface area (Å²) in [5.74, 6) is 0.645. The molecule has 1 fully saturated rings. The largest absolute Gasteiger partial charge is 0.497 e. The Labute approximate surface area is 125 Å². The van der Waals surface area contributed by atoms with E-state index in [4.69, 9.17) is 4.74 Å². The van der Waals surface area contributed by atoms with Crippen molar-refractivity contribution < 1.29 is 14.3 Å². The lowest BCUT2D eigenvalue weighted by Gasteiger charge is -2.41. The number of nitrogens with one attached hydrogen (secondary N) is 1. The number of ether oxygens (including phenoxy) is 1. The molecule has 0 aromatic heterocycles. The van der Waals surface area contributed by atoms with Crippen molar-refractivity contribution in [3.63, 3.8) is 0 Å². The van der Waals surface area contributed by atoms with Gasteiger partial charge in [-0.25, -0.2) is 0 Å². The van der Waals surface area contributed by atoms with Gasteiger partial charge in [0.05, 0.1) is 7.11 Å². The fourth-order valence-electron chi connectivity index (χ4n) is 2.52. The summed E-state index contributed by atoms with van der Waals surface area (Å²) in [5.41, 5.74) is 0.246. The number of carbonyl (C=O) groups excluding carboxylic acids is 2. The first-order chi connectivity index (χ1) is 9.85. The second-order valence-electron chi connectivity index (χ2n) is 5.89. The minimum absolute atomic E-state index is 0.0440. The third-order valence-electron chi connectivity index (χ3n) is 3.85. The highest BCUT2D eigenvalue weighted by Gasteiger charge is 2.42. The zero-order chi connectivity index (χ0) is 15.6. The zero-order valence-corrected chi connectivity index (χ0v) is 13.0. The van der Waals surface area contributed by atoms with Crippen LogP contribution in [0.5, 0.6) is 5.75 Å². The van der Waals surface area contributed by atoms with Gasteiger partial charge in [0.25, 0.3) is 0 Å². The summed E-state index contributed by atoms with van der Waals surface area (Å²) in [7, 11) is 1.63. The number of carbonyl (C=O) groups is 2. The molecule has 0 saturated carbocycles. The highest BCUT2D eigenvalue weighted by molar-refractivity contribution is 5.99. The standard InChI is InChI=1S/C16H22N2O3/c1-11-14(19)17-16(2,3)15(20)18(11)9-8-12-6-5-7-13(10-12)21-4/h5-7,10-11H,8-9H2,1-4H3,(H,17,19). The van der Waals surface area contributed by atoms with Crippen LogP contribution in [0.2, 0.25) is 0 Å². The summed E-state index contributed by atoms with van der Waals surface area (Å²) in [6.07, 6.45) is 0.691. The second-order valence-corrected chi connectivity index (χ2v) is 5.89. The molecule has 5 heteroatoms. The molecule has 1 heterocycles. The molecule has 1 aliphatic rings. The van der Waals surface area contributed by atoms with Crippen molar-refractivity contribution in [1.82, 2.24) is 10.2 Å². The normalized spacial score (nSPS) is 21.1. The van der Waals surface area contributed by atoms with Crippen LogP contribution in [-0.2, 0) is 16.0 Å². The molecule has 1 saturated heterocycles. The highest BCUT2D eigenvalue weighted by Crippen LogP contribution is 2.19. The number of hydrogen-bond acceptors (Lipinski definition) is 3. The van der Waals surface area contributed by atoms with E-state index in [0.29, 0.717) is 13.0 Å². The molecule has 1 N–H and O–H groups in total. The molecule has 1 aromatic rings. The van der Waals surface area contributed by atoms with E-state index < -0.39 is 11.6 Å². The monoisotopic (exact) mass is 290 g/mol. The van der Waals surface area contributed by atoms with E-state index in [1.54, 1.807) is 32.8 Å². The van der Waals surface area contributed by atoms with Crippen LogP contribution in [0, 0.1) is 0 Å². The van der Waals surface area contributed by atoms with Crippen molar-refractivity contribution >= 4 is 11.8 Å². The molecule has 2 rings (SSSR count). The average molecular weight is 290 g/mol. The van der Waals surface area contributed by atoms with E-state index in [-0.39, 0.29) is 11.8 Å². The van der Waals surface area contributed by atoms with Gasteiger partial charge < -0.3 is 15.0 Å². The third-order valence-corrected chi connectivity index (χ3v) is 3.85. The molecule has 2 amide bonds. The summed E-state index contributed by atoms with van der Waals surface area (Å²) < 4.78 is 5.19. The van der Waals surface area contributed by atoms with Crippen LogP contribution in [0.15, 0.2) is 24.3 Å². The molecule has 114 valence electrons. The molecule has 0 aliphatic carbocycles. The lowest BCUT2D eigenvalue weighted by molar-refractivity contribution is -0.152. The third kappa shape index (κ3) is 3.17. The lowest BCUT2D eigenvalue weighted by Crippen LogP contribution is -2.67. The number of piperazine rings is 1. The maximum absolute atomic E-state index is 12.4. The predicted molar refractivity (Wildman–Crippen MR) is 80.1 cm³/mol. The van der Waals surface area contributed by atoms with Crippen molar-refractivity contribution in [3.8, 4) is 5.75 Å². The smallest absolute Gasteiger partial charge is 0.248 e. The first kappa shape index (κ1) is 15.4. The second kappa shape index (κ2) is 5.76. The minimum Gasteiger partial charge on any atom is -0.497 e. The Morgan fingerprint density at radius 3 is 2.71 bits per heavy atom. The Kier molecular flexibility index (Phi) is 4.21. The highest BCUT2D eigenvalue weighted by atomic mass is 16.5. The molecule has 5 nitrogen and oxygen atoms in total. The summed E-state index contributed by atoms with van der Waals surface area (Å²) in [5, 5.41) is 2.75. The fourth-order valence-corrected chi connectivity index (χ4v) is 2.52. The van der Waals surface area contributed by atoms with Gasteiger partial charge in [0, 0.05) is 6.54 Å². The van der Waals surface area contributed by atoms with Crippen molar-refractivity contribution in [3.05, 3.63) is 29.8 Å². The van der Waals surface area contributed by atoms with Crippen LogP contribution in [0.3, 0.4) is 0 Å². The van der Waals surface area contributed by atoms with Crippen LogP contribution in [0.25, 0.3) is 0 Å². The van der Waals surface area contributed by atoms with E-state index in [2.05, 4.69) is 5.32 Å². The molecular weight excluding hydrogens is 268 g/mol. The quantitative estimate of drug-likeness (QED) is 0.911. The molecule has 1 aromatic carbocycles. The topological polar surface area (TPSA) is 58.6 Å². The molecule has 0 bridgehead atoms. The van der Waals surface area contributed by atoms with Gasteiger partial charge in [-0.15, -0.1) is 0 Å². The van der Waals surface area contributed by atoms with Gasteiger partial charge in [-0.05, 0) is 44.9 Å². The van der Waals surface area contributed by atoms with Gasteiger partial charge in [-0.2, -0.15) is 0 Å². The summed E-state index contributed by atoms with van der Waals surface area (Å²) in [6, 6.07) is 7.31. The Hall–Kier alpha value is -2.04. The van der Waals surface area contributed by atoms with E-state index in [0.717, 1.165) is 11.3 Å². The van der Waals surface area contributed by atoms with Gasteiger partial charge in [-0.3, -0.25) is 9.59 Å². The van der Waals surface area contributed by atoms with E-state index in [9.17, 15) is 9.59 Å². The van der Waals surface area contributed by atoms with Crippen LogP contribution < -0.4 is 10.1 Å². The van der Waals surface area contributed by atoms with Gasteiger partial charge in [0.15, 0.2) is 0 Å². The molecule has 0 spiro atoms. The summed E-state index contributed by atoms with van der Waals surface area (Å²) in [6.45, 7) is 5.74.